The fourth-order valence-corrected chi connectivity index (χ4v) is 5.62. The van der Waals surface area contributed by atoms with E-state index in [-0.39, 0.29) is 25.9 Å². The Labute approximate surface area is 321 Å². The van der Waals surface area contributed by atoms with Crippen molar-refractivity contribution in [2.24, 2.45) is 0 Å². The van der Waals surface area contributed by atoms with Crippen LogP contribution in [-0.2, 0) is 18.4 Å². The van der Waals surface area contributed by atoms with E-state index in [0.29, 0.717) is 17.4 Å². The maximum absolute atomic E-state index is 12.8. The zero-order chi connectivity index (χ0) is 39.8. The summed E-state index contributed by atoms with van der Waals surface area (Å²) in [5.74, 6) is -0.464. The smallest absolute Gasteiger partial charge is 0.268 e. The number of aliphatic hydroxyl groups is 4. The molecule has 0 saturated carbocycles. The molecule has 0 radical (unpaired) electrons. The number of likely N-dealkylation sites (N-methyl/N-ethyl adjacent to an activating group) is 1. The summed E-state index contributed by atoms with van der Waals surface area (Å²) in [5.41, 5.74) is 0. The number of phosphoric acid groups is 1. The first kappa shape index (κ1) is 50.8. The van der Waals surface area contributed by atoms with Crippen LogP contribution >= 0.6 is 7.82 Å². The quantitative estimate of drug-likeness (QED) is 0.0168. The molecular formula is C41H73N2O9P. The second-order valence-corrected chi connectivity index (χ2v) is 15.9. The molecule has 0 spiro atoms. The van der Waals surface area contributed by atoms with E-state index in [1.165, 1.54) is 44.3 Å². The fraction of sp³-hybridized carbons (Fsp3) is 0.683. The molecule has 12 heteroatoms. The van der Waals surface area contributed by atoms with Crippen molar-refractivity contribution in [3.05, 3.63) is 72.9 Å². The van der Waals surface area contributed by atoms with Crippen molar-refractivity contribution in [1.82, 2.24) is 5.32 Å². The standard InChI is InChI=1S/C41H73N2O9P/c1-6-8-10-11-12-13-14-15-16-20-24-29-38(45)37(35-52-53(49,50)51-34-33-43(3,4)5)42-41(48)32-26-31-40(47)39(46)30-25-21-18-17-19-23-28-36(44)27-22-9-7-2/h14-15,17-19,21,23-25,28-30,36-40,44-47H,6-13,16,20,22,26-27,31-35H2,1-5H3,(H-,42,48,49,50)/b15-14-,19-17-,21-18+,28-23+,29-24+,30-25+/t36-,37-,38+,39-,40-/m0/s1. The average Bonchev–Trinajstić information content (AvgIpc) is 3.09. The number of hydrogen-bond acceptors (Lipinski definition) is 9. The molecule has 306 valence electrons. The lowest BCUT2D eigenvalue weighted by atomic mass is 10.1. The number of nitrogens with one attached hydrogen (secondary N) is 1. The molecule has 5 N–H and O–H groups in total. The maximum atomic E-state index is 12.8. The van der Waals surface area contributed by atoms with Gasteiger partial charge in [0, 0.05) is 6.42 Å². The first-order valence-electron chi connectivity index (χ1n) is 19.6. The van der Waals surface area contributed by atoms with Crippen molar-refractivity contribution in [1.29, 1.82) is 0 Å². The highest BCUT2D eigenvalue weighted by Gasteiger charge is 2.23. The highest BCUT2D eigenvalue weighted by atomic mass is 31.2. The van der Waals surface area contributed by atoms with Crippen molar-refractivity contribution in [2.75, 3.05) is 40.9 Å². The zero-order valence-electron chi connectivity index (χ0n) is 33.3. The lowest BCUT2D eigenvalue weighted by Gasteiger charge is -2.29. The van der Waals surface area contributed by atoms with Gasteiger partial charge in [0.05, 0.1) is 58.2 Å². The summed E-state index contributed by atoms with van der Waals surface area (Å²) in [6.07, 6.45) is 30.3. The molecule has 0 heterocycles. The third kappa shape index (κ3) is 32.9. The Hall–Kier alpha value is -2.18. The monoisotopic (exact) mass is 769 g/mol. The predicted molar refractivity (Wildman–Crippen MR) is 214 cm³/mol. The number of aliphatic hydroxyl groups excluding tert-OH is 4. The van der Waals surface area contributed by atoms with Crippen molar-refractivity contribution < 1.29 is 48.2 Å². The van der Waals surface area contributed by atoms with E-state index in [4.69, 9.17) is 9.05 Å². The second kappa shape index (κ2) is 32.1. The number of phosphoric ester groups is 1. The summed E-state index contributed by atoms with van der Waals surface area (Å²) in [6.45, 7) is 4.16. The minimum Gasteiger partial charge on any atom is -0.756 e. The summed E-state index contributed by atoms with van der Waals surface area (Å²) in [6, 6.07) is -1.06. The van der Waals surface area contributed by atoms with Crippen LogP contribution in [0.15, 0.2) is 72.9 Å². The number of hydrogen-bond donors (Lipinski definition) is 5. The van der Waals surface area contributed by atoms with Crippen LogP contribution in [0, 0.1) is 0 Å². The highest BCUT2D eigenvalue weighted by Crippen LogP contribution is 2.38. The molecule has 1 unspecified atom stereocenters. The Balaban J connectivity index is 4.94. The molecule has 0 aromatic carbocycles. The number of rotatable bonds is 33. The number of quaternary nitrogens is 1. The second-order valence-electron chi connectivity index (χ2n) is 14.5. The first-order valence-corrected chi connectivity index (χ1v) is 21.1. The molecule has 0 aliphatic heterocycles. The minimum absolute atomic E-state index is 0.0236. The topological polar surface area (TPSA) is 169 Å². The summed E-state index contributed by atoms with van der Waals surface area (Å²) in [7, 11) is 1.01. The number of nitrogens with zero attached hydrogens (tertiary/aromatic N) is 1. The van der Waals surface area contributed by atoms with Gasteiger partial charge in [-0.25, -0.2) is 0 Å². The molecular weight excluding hydrogens is 695 g/mol. The van der Waals surface area contributed by atoms with Gasteiger partial charge in [0.25, 0.3) is 7.82 Å². The largest absolute Gasteiger partial charge is 0.756 e. The van der Waals surface area contributed by atoms with E-state index in [1.807, 2.05) is 21.1 Å². The Morgan fingerprint density at radius 3 is 2.00 bits per heavy atom. The molecule has 6 atom stereocenters. The van der Waals surface area contributed by atoms with E-state index >= 15 is 0 Å². The molecule has 53 heavy (non-hydrogen) atoms. The average molecular weight is 769 g/mol. The van der Waals surface area contributed by atoms with Gasteiger partial charge in [0.15, 0.2) is 0 Å². The number of carbonyl (C=O) groups is 1. The Morgan fingerprint density at radius 2 is 1.32 bits per heavy atom. The Bertz CT molecular complexity index is 1150. The fourth-order valence-electron chi connectivity index (χ4n) is 4.90. The lowest BCUT2D eigenvalue weighted by molar-refractivity contribution is -0.870. The molecule has 1 amide bonds. The van der Waals surface area contributed by atoms with Gasteiger partial charge in [-0.3, -0.25) is 9.36 Å². The molecule has 0 fully saturated rings. The number of allylic oxidation sites excluding steroid dienone is 9. The molecule has 0 aliphatic carbocycles. The molecule has 11 nitrogen and oxygen atoms in total. The van der Waals surface area contributed by atoms with Crippen LogP contribution in [0.2, 0.25) is 0 Å². The van der Waals surface area contributed by atoms with Gasteiger partial charge in [-0.1, -0.05) is 132 Å². The summed E-state index contributed by atoms with van der Waals surface area (Å²) in [4.78, 5) is 25.2. The molecule has 0 saturated heterocycles. The van der Waals surface area contributed by atoms with Crippen LogP contribution in [0.5, 0.6) is 0 Å². The van der Waals surface area contributed by atoms with Crippen LogP contribution < -0.4 is 10.2 Å². The normalized spacial score (nSPS) is 17.1. The maximum Gasteiger partial charge on any atom is 0.268 e. The molecule has 0 aliphatic rings. The van der Waals surface area contributed by atoms with Crippen LogP contribution in [0.1, 0.15) is 110 Å². The van der Waals surface area contributed by atoms with Crippen molar-refractivity contribution in [2.45, 2.75) is 141 Å². The predicted octanol–water partition coefficient (Wildman–Crippen LogP) is 6.35. The summed E-state index contributed by atoms with van der Waals surface area (Å²) < 4.78 is 22.9. The van der Waals surface area contributed by atoms with Gasteiger partial charge >= 0.3 is 0 Å². The Kier molecular flexibility index (Phi) is 30.8. The van der Waals surface area contributed by atoms with E-state index in [9.17, 15) is 34.7 Å². The van der Waals surface area contributed by atoms with E-state index < -0.39 is 50.8 Å². The molecule has 0 rings (SSSR count). The Morgan fingerprint density at radius 1 is 0.717 bits per heavy atom. The zero-order valence-corrected chi connectivity index (χ0v) is 34.2. The van der Waals surface area contributed by atoms with Gasteiger partial charge in [-0.15, -0.1) is 0 Å². The molecule has 0 aromatic rings. The first-order chi connectivity index (χ1) is 25.2. The lowest BCUT2D eigenvalue weighted by Crippen LogP contribution is -2.46. The van der Waals surface area contributed by atoms with Gasteiger partial charge in [0.1, 0.15) is 13.2 Å². The van der Waals surface area contributed by atoms with Crippen molar-refractivity contribution in [3.8, 4) is 0 Å². The third-order valence-electron chi connectivity index (χ3n) is 8.26. The highest BCUT2D eigenvalue weighted by molar-refractivity contribution is 7.45. The van der Waals surface area contributed by atoms with Crippen LogP contribution in [-0.4, -0.2) is 102 Å². The summed E-state index contributed by atoms with van der Waals surface area (Å²) in [5, 5.41) is 44.0. The summed E-state index contributed by atoms with van der Waals surface area (Å²) >= 11 is 0. The van der Waals surface area contributed by atoms with Gasteiger partial charge in [-0.05, 0) is 44.9 Å². The number of amides is 1. The van der Waals surface area contributed by atoms with Crippen LogP contribution in [0.25, 0.3) is 0 Å². The van der Waals surface area contributed by atoms with Crippen LogP contribution in [0.4, 0.5) is 0 Å². The van der Waals surface area contributed by atoms with Gasteiger partial charge < -0.3 is 44.2 Å². The van der Waals surface area contributed by atoms with E-state index in [0.717, 1.165) is 38.5 Å². The molecule has 0 aromatic heterocycles. The van der Waals surface area contributed by atoms with Gasteiger partial charge in [0.2, 0.25) is 5.91 Å². The number of unbranched alkanes of at least 4 members (excludes halogenated alkanes) is 8. The third-order valence-corrected chi connectivity index (χ3v) is 9.22. The minimum atomic E-state index is -4.69. The van der Waals surface area contributed by atoms with Gasteiger partial charge in [-0.2, -0.15) is 0 Å². The van der Waals surface area contributed by atoms with E-state index in [2.05, 4.69) is 31.3 Å². The van der Waals surface area contributed by atoms with Crippen molar-refractivity contribution >= 4 is 13.7 Å². The van der Waals surface area contributed by atoms with E-state index in [1.54, 1.807) is 48.6 Å². The SMILES string of the molecule is CCCCCCC/C=C\CC/C=C/[C@@H](O)[C@H](COP(=O)([O-])OCC[N+](C)(C)C)NC(=O)CCC[C@H](O)[C@@H](O)/C=C/C=C/C=C\C=C\[C@@H](O)CCCCC. The van der Waals surface area contributed by atoms with Crippen LogP contribution in [0.3, 0.4) is 0 Å². The molecule has 0 bridgehead atoms. The van der Waals surface area contributed by atoms with Crippen molar-refractivity contribution in [3.63, 3.8) is 0 Å². The number of carbonyl (C=O) groups excluding carboxylic acids is 1.